The van der Waals surface area contributed by atoms with Crippen LogP contribution in [0.2, 0.25) is 0 Å². The van der Waals surface area contributed by atoms with E-state index in [2.05, 4.69) is 5.32 Å². The summed E-state index contributed by atoms with van der Waals surface area (Å²) in [5.41, 5.74) is -2.89. The Bertz CT molecular complexity index is 615. The number of hydrogen-bond donors (Lipinski definition) is 4. The van der Waals surface area contributed by atoms with Crippen LogP contribution in [0, 0.1) is 0 Å². The molecule has 0 saturated carbocycles. The van der Waals surface area contributed by atoms with Gasteiger partial charge in [0.25, 0.3) is 5.56 Å². The molecule has 0 aliphatic rings. The molecule has 110 valence electrons. The highest BCUT2D eigenvalue weighted by Gasteiger charge is 2.24. The average Bonchev–Trinajstić information content (AvgIpc) is 2.29. The van der Waals surface area contributed by atoms with E-state index < -0.39 is 35.1 Å². The number of aromatic amines is 1. The molecule has 4 N–H and O–H groups in total. The Labute approximate surface area is 112 Å². The molecule has 0 radical (unpaired) electrons. The molecule has 0 fully saturated rings. The van der Waals surface area contributed by atoms with Crippen LogP contribution < -0.4 is 16.6 Å². The highest BCUT2D eigenvalue weighted by atomic mass is 16.4. The Morgan fingerprint density at radius 2 is 2.10 bits per heavy atom. The summed E-state index contributed by atoms with van der Waals surface area (Å²) < 4.78 is 0.975. The highest BCUT2D eigenvalue weighted by Crippen LogP contribution is 2.07. The first-order valence-electron chi connectivity index (χ1n) is 5.70. The molecule has 1 unspecified atom stereocenters. The molecule has 1 aromatic rings. The van der Waals surface area contributed by atoms with E-state index in [1.807, 2.05) is 4.98 Å². The largest absolute Gasteiger partial charge is 0.481 e. The van der Waals surface area contributed by atoms with Gasteiger partial charge < -0.3 is 15.5 Å². The van der Waals surface area contributed by atoms with Crippen LogP contribution in [0.1, 0.15) is 13.3 Å². The Morgan fingerprint density at radius 3 is 2.65 bits per heavy atom. The monoisotopic (exact) mass is 285 g/mol. The van der Waals surface area contributed by atoms with Gasteiger partial charge in [0.2, 0.25) is 5.91 Å². The zero-order chi connectivity index (χ0) is 15.3. The minimum atomic E-state index is -1.59. The van der Waals surface area contributed by atoms with Crippen LogP contribution in [0.3, 0.4) is 0 Å². The van der Waals surface area contributed by atoms with E-state index in [-0.39, 0.29) is 13.1 Å². The lowest BCUT2D eigenvalue weighted by Crippen LogP contribution is -2.44. The summed E-state index contributed by atoms with van der Waals surface area (Å²) in [5.74, 6) is -1.79. The Kier molecular flexibility index (Phi) is 4.81. The third-order valence-electron chi connectivity index (χ3n) is 2.41. The number of nitrogens with one attached hydrogen (secondary N) is 2. The molecule has 20 heavy (non-hydrogen) atoms. The fourth-order valence-corrected chi connectivity index (χ4v) is 1.46. The topological polar surface area (TPSA) is 141 Å². The molecule has 1 heterocycles. The molecule has 1 atom stereocenters. The standard InChI is InChI=1S/C11H15N3O6/c1-11(20,4-9(17)18)6-12-8(16)5-14-3-2-7(15)13-10(14)19/h2-3,20H,4-6H2,1H3,(H,12,16)(H,17,18)(H,13,15,19). The Morgan fingerprint density at radius 1 is 1.45 bits per heavy atom. The molecule has 9 nitrogen and oxygen atoms in total. The lowest BCUT2D eigenvalue weighted by Gasteiger charge is -2.21. The molecule has 1 rings (SSSR count). The van der Waals surface area contributed by atoms with E-state index in [1.54, 1.807) is 0 Å². The van der Waals surface area contributed by atoms with E-state index in [1.165, 1.54) is 6.92 Å². The normalized spacial score (nSPS) is 13.5. The van der Waals surface area contributed by atoms with Crippen LogP contribution in [-0.2, 0) is 16.1 Å². The fraction of sp³-hybridized carbons (Fsp3) is 0.455. The number of rotatable bonds is 6. The third-order valence-corrected chi connectivity index (χ3v) is 2.41. The molecule has 1 aromatic heterocycles. The highest BCUT2D eigenvalue weighted by molar-refractivity contribution is 5.76. The summed E-state index contributed by atoms with van der Waals surface area (Å²) in [4.78, 5) is 46.2. The lowest BCUT2D eigenvalue weighted by molar-refractivity contribution is -0.142. The number of aromatic nitrogens is 2. The van der Waals surface area contributed by atoms with Crippen molar-refractivity contribution in [1.29, 1.82) is 0 Å². The molecular weight excluding hydrogens is 270 g/mol. The van der Waals surface area contributed by atoms with Gasteiger partial charge in [-0.1, -0.05) is 0 Å². The maximum absolute atomic E-state index is 11.6. The van der Waals surface area contributed by atoms with Gasteiger partial charge in [-0.05, 0) is 6.92 Å². The molecule has 0 spiro atoms. The van der Waals surface area contributed by atoms with Gasteiger partial charge in [-0.15, -0.1) is 0 Å². The number of hydrogen-bond acceptors (Lipinski definition) is 5. The smallest absolute Gasteiger partial charge is 0.328 e. The molecule has 0 aliphatic heterocycles. The van der Waals surface area contributed by atoms with Gasteiger partial charge in [-0.3, -0.25) is 23.9 Å². The second kappa shape index (κ2) is 6.15. The zero-order valence-corrected chi connectivity index (χ0v) is 10.8. The van der Waals surface area contributed by atoms with Gasteiger partial charge in [0.05, 0.1) is 12.0 Å². The van der Waals surface area contributed by atoms with Crippen LogP contribution >= 0.6 is 0 Å². The van der Waals surface area contributed by atoms with Crippen molar-refractivity contribution in [3.05, 3.63) is 33.1 Å². The predicted octanol–water partition coefficient (Wildman–Crippen LogP) is -2.12. The molecule has 0 aromatic carbocycles. The summed E-state index contributed by atoms with van der Waals surface area (Å²) in [6.07, 6.45) is 0.641. The second-order valence-electron chi connectivity index (χ2n) is 4.58. The minimum Gasteiger partial charge on any atom is -0.481 e. The van der Waals surface area contributed by atoms with Crippen molar-refractivity contribution in [2.75, 3.05) is 6.54 Å². The van der Waals surface area contributed by atoms with Crippen LogP contribution in [-0.4, -0.2) is 43.8 Å². The van der Waals surface area contributed by atoms with Gasteiger partial charge in [-0.25, -0.2) is 4.79 Å². The molecule has 9 heteroatoms. The zero-order valence-electron chi connectivity index (χ0n) is 10.8. The lowest BCUT2D eigenvalue weighted by atomic mass is 10.0. The first-order chi connectivity index (χ1) is 9.19. The summed E-state index contributed by atoms with van der Waals surface area (Å²) in [6.45, 7) is 0.655. The molecular formula is C11H15N3O6. The Balaban J connectivity index is 2.58. The number of aliphatic hydroxyl groups is 1. The van der Waals surface area contributed by atoms with Gasteiger partial charge >= 0.3 is 11.7 Å². The van der Waals surface area contributed by atoms with E-state index in [4.69, 9.17) is 5.11 Å². The first-order valence-corrected chi connectivity index (χ1v) is 5.70. The fourth-order valence-electron chi connectivity index (χ4n) is 1.46. The number of amides is 1. The summed E-state index contributed by atoms with van der Waals surface area (Å²) >= 11 is 0. The van der Waals surface area contributed by atoms with E-state index in [0.717, 1.165) is 16.8 Å². The quantitative estimate of drug-likeness (QED) is 0.471. The van der Waals surface area contributed by atoms with Gasteiger partial charge in [0, 0.05) is 18.8 Å². The van der Waals surface area contributed by atoms with E-state index >= 15 is 0 Å². The molecule has 0 aliphatic carbocycles. The molecule has 0 bridgehead atoms. The number of aliphatic carboxylic acids is 1. The van der Waals surface area contributed by atoms with E-state index in [0.29, 0.717) is 0 Å². The van der Waals surface area contributed by atoms with Crippen molar-refractivity contribution in [2.24, 2.45) is 0 Å². The maximum Gasteiger partial charge on any atom is 0.328 e. The van der Waals surface area contributed by atoms with Crippen LogP contribution in [0.5, 0.6) is 0 Å². The van der Waals surface area contributed by atoms with Crippen molar-refractivity contribution in [3.8, 4) is 0 Å². The summed E-state index contributed by atoms with van der Waals surface area (Å²) in [6, 6.07) is 1.09. The maximum atomic E-state index is 11.6. The number of carbonyl (C=O) groups excluding carboxylic acids is 1. The van der Waals surface area contributed by atoms with Crippen LogP contribution in [0.15, 0.2) is 21.9 Å². The van der Waals surface area contributed by atoms with E-state index in [9.17, 15) is 24.3 Å². The third kappa shape index (κ3) is 5.06. The molecule has 0 saturated heterocycles. The minimum absolute atomic E-state index is 0.268. The van der Waals surface area contributed by atoms with Crippen LogP contribution in [0.4, 0.5) is 0 Å². The SMILES string of the molecule is CC(O)(CNC(=O)Cn1ccc(=O)[nH]c1=O)CC(=O)O. The number of carbonyl (C=O) groups is 2. The number of carboxylic acid groups (broad SMARTS) is 1. The second-order valence-corrected chi connectivity index (χ2v) is 4.58. The van der Waals surface area contributed by atoms with Crippen molar-refractivity contribution >= 4 is 11.9 Å². The first kappa shape index (κ1) is 15.6. The predicted molar refractivity (Wildman–Crippen MR) is 67.2 cm³/mol. The van der Waals surface area contributed by atoms with Crippen LogP contribution in [0.25, 0.3) is 0 Å². The molecule has 1 amide bonds. The number of H-pyrrole nitrogens is 1. The van der Waals surface area contributed by atoms with Gasteiger partial charge in [-0.2, -0.15) is 0 Å². The van der Waals surface area contributed by atoms with Crippen molar-refractivity contribution in [2.45, 2.75) is 25.5 Å². The van der Waals surface area contributed by atoms with Gasteiger partial charge in [0.1, 0.15) is 6.54 Å². The average molecular weight is 285 g/mol. The Hall–Kier alpha value is -2.42. The van der Waals surface area contributed by atoms with Crippen molar-refractivity contribution in [1.82, 2.24) is 14.9 Å². The van der Waals surface area contributed by atoms with Gasteiger partial charge in [0.15, 0.2) is 0 Å². The van der Waals surface area contributed by atoms with Crippen molar-refractivity contribution in [3.63, 3.8) is 0 Å². The number of nitrogens with zero attached hydrogens (tertiary/aromatic N) is 1. The summed E-state index contributed by atoms with van der Waals surface area (Å²) in [7, 11) is 0. The summed E-state index contributed by atoms with van der Waals surface area (Å²) in [5, 5.41) is 20.6. The van der Waals surface area contributed by atoms with Crippen molar-refractivity contribution < 1.29 is 19.8 Å². The number of carboxylic acids is 1.